The lowest BCUT2D eigenvalue weighted by Gasteiger charge is -2.26. The number of benzene rings is 3. The number of aliphatic carboxylic acids is 1. The minimum absolute atomic E-state index is 0.117. The van der Waals surface area contributed by atoms with Crippen LogP contribution in [0.15, 0.2) is 78.9 Å². The third kappa shape index (κ3) is 5.29. The summed E-state index contributed by atoms with van der Waals surface area (Å²) in [6.45, 7) is 4.94. The van der Waals surface area contributed by atoms with E-state index in [0.29, 0.717) is 29.5 Å². The summed E-state index contributed by atoms with van der Waals surface area (Å²) in [5.41, 5.74) is 3.66. The smallest absolute Gasteiger partial charge is 0.312 e. The Morgan fingerprint density at radius 1 is 1.00 bits per heavy atom. The van der Waals surface area contributed by atoms with E-state index in [4.69, 9.17) is 4.74 Å². The van der Waals surface area contributed by atoms with Crippen LogP contribution in [0.3, 0.4) is 0 Å². The molecule has 0 radical (unpaired) electrons. The van der Waals surface area contributed by atoms with Crippen LogP contribution < -0.4 is 15.0 Å². The van der Waals surface area contributed by atoms with Gasteiger partial charge in [0.1, 0.15) is 18.4 Å². The average molecular weight is 459 g/mol. The zero-order valence-electron chi connectivity index (χ0n) is 19.5. The predicted molar refractivity (Wildman–Crippen MR) is 132 cm³/mol. The maximum absolute atomic E-state index is 13.6. The summed E-state index contributed by atoms with van der Waals surface area (Å²) in [5, 5.41) is 12.9. The molecule has 3 aromatic rings. The van der Waals surface area contributed by atoms with Crippen molar-refractivity contribution in [2.75, 3.05) is 18.1 Å². The van der Waals surface area contributed by atoms with Crippen molar-refractivity contribution in [3.8, 4) is 5.75 Å². The van der Waals surface area contributed by atoms with E-state index in [1.165, 1.54) is 5.56 Å². The van der Waals surface area contributed by atoms with Crippen LogP contribution in [-0.4, -0.2) is 36.2 Å². The molecule has 4 rings (SSSR count). The van der Waals surface area contributed by atoms with E-state index in [-0.39, 0.29) is 19.1 Å². The fraction of sp³-hybridized carbons (Fsp3) is 0.286. The summed E-state index contributed by atoms with van der Waals surface area (Å²) >= 11 is 0. The summed E-state index contributed by atoms with van der Waals surface area (Å²) in [4.78, 5) is 27.3. The molecule has 1 amide bonds. The third-order valence-electron chi connectivity index (χ3n) is 6.18. The van der Waals surface area contributed by atoms with Crippen molar-refractivity contribution in [2.24, 2.45) is 0 Å². The Bertz CT molecular complexity index is 1130. The summed E-state index contributed by atoms with van der Waals surface area (Å²) in [7, 11) is 0. The van der Waals surface area contributed by atoms with Gasteiger partial charge in [-0.3, -0.25) is 9.59 Å². The number of carbonyl (C=O) groups excluding carboxylic acids is 1. The van der Waals surface area contributed by atoms with Crippen LogP contribution in [-0.2, 0) is 16.1 Å². The second-order valence-corrected chi connectivity index (χ2v) is 8.86. The van der Waals surface area contributed by atoms with Crippen LogP contribution in [0.4, 0.5) is 5.69 Å². The molecule has 0 aliphatic carbocycles. The molecule has 176 valence electrons. The highest BCUT2D eigenvalue weighted by Gasteiger charge is 2.32. The fourth-order valence-electron chi connectivity index (χ4n) is 4.15. The van der Waals surface area contributed by atoms with Crippen molar-refractivity contribution in [3.63, 3.8) is 0 Å². The van der Waals surface area contributed by atoms with Crippen LogP contribution in [0, 0.1) is 0 Å². The first-order valence-corrected chi connectivity index (χ1v) is 11.6. The largest absolute Gasteiger partial charge is 0.489 e. The number of hydrogen-bond acceptors (Lipinski definition) is 4. The van der Waals surface area contributed by atoms with E-state index in [1.807, 2.05) is 42.5 Å². The molecule has 6 nitrogen and oxygen atoms in total. The van der Waals surface area contributed by atoms with Crippen LogP contribution in [0.25, 0.3) is 0 Å². The van der Waals surface area contributed by atoms with Gasteiger partial charge in [0, 0.05) is 6.54 Å². The van der Waals surface area contributed by atoms with Gasteiger partial charge in [-0.2, -0.15) is 0 Å². The van der Waals surface area contributed by atoms with Crippen molar-refractivity contribution in [1.29, 1.82) is 0 Å². The van der Waals surface area contributed by atoms with Crippen molar-refractivity contribution in [3.05, 3.63) is 95.6 Å². The van der Waals surface area contributed by atoms with E-state index in [2.05, 4.69) is 43.4 Å². The number of carboxylic acid groups (broad SMARTS) is 1. The lowest BCUT2D eigenvalue weighted by atomic mass is 9.99. The Labute approximate surface area is 200 Å². The number of fused-ring (bicyclic) bond motifs is 1. The molecule has 1 aliphatic heterocycles. The van der Waals surface area contributed by atoms with Gasteiger partial charge in [-0.1, -0.05) is 80.6 Å². The highest BCUT2D eigenvalue weighted by atomic mass is 16.5. The van der Waals surface area contributed by atoms with E-state index >= 15 is 0 Å². The van der Waals surface area contributed by atoms with Crippen LogP contribution in [0.1, 0.15) is 42.4 Å². The predicted octanol–water partition coefficient (Wildman–Crippen LogP) is 4.56. The molecule has 0 fully saturated rings. The quantitative estimate of drug-likeness (QED) is 0.517. The lowest BCUT2D eigenvalue weighted by molar-refractivity contribution is -0.139. The second kappa shape index (κ2) is 10.5. The monoisotopic (exact) mass is 458 g/mol. The van der Waals surface area contributed by atoms with Crippen LogP contribution >= 0.6 is 0 Å². The average Bonchev–Trinajstić information content (AvgIpc) is 2.97. The lowest BCUT2D eigenvalue weighted by Crippen LogP contribution is -2.49. The molecule has 0 spiro atoms. The summed E-state index contributed by atoms with van der Waals surface area (Å²) < 4.78 is 5.98. The molecular formula is C28H30N2O4. The Kier molecular flexibility index (Phi) is 7.28. The molecule has 2 N–H and O–H groups in total. The van der Waals surface area contributed by atoms with Crippen LogP contribution in [0.2, 0.25) is 0 Å². The molecule has 34 heavy (non-hydrogen) atoms. The molecule has 0 aromatic heterocycles. The number of ether oxygens (including phenoxy) is 1. The zero-order chi connectivity index (χ0) is 24.1. The molecule has 1 heterocycles. The molecule has 6 heteroatoms. The Hall–Kier alpha value is -3.64. The zero-order valence-corrected chi connectivity index (χ0v) is 19.5. The molecule has 2 atom stereocenters. The van der Waals surface area contributed by atoms with E-state index in [1.54, 1.807) is 17.0 Å². The summed E-state index contributed by atoms with van der Waals surface area (Å²) in [5.74, 6) is -0.780. The van der Waals surface area contributed by atoms with Gasteiger partial charge in [0.05, 0.1) is 18.2 Å². The maximum Gasteiger partial charge on any atom is 0.312 e. The molecular weight excluding hydrogens is 428 g/mol. The Morgan fingerprint density at radius 3 is 2.35 bits per heavy atom. The van der Waals surface area contributed by atoms with Gasteiger partial charge in [0.15, 0.2) is 0 Å². The number of para-hydroxylation sites is 2. The van der Waals surface area contributed by atoms with Gasteiger partial charge in [-0.15, -0.1) is 0 Å². The maximum atomic E-state index is 13.6. The minimum atomic E-state index is -0.939. The highest BCUT2D eigenvalue weighted by molar-refractivity contribution is 5.99. The normalized spacial score (nSPS) is 16.5. The number of anilines is 1. The first kappa shape index (κ1) is 23.5. The molecule has 0 saturated carbocycles. The number of carboxylic acids is 1. The van der Waals surface area contributed by atoms with E-state index < -0.39 is 17.9 Å². The van der Waals surface area contributed by atoms with Gasteiger partial charge in [-0.25, -0.2) is 0 Å². The number of carbonyl (C=O) groups is 2. The molecule has 3 aromatic carbocycles. The van der Waals surface area contributed by atoms with Crippen molar-refractivity contribution >= 4 is 17.6 Å². The third-order valence-corrected chi connectivity index (χ3v) is 6.18. The van der Waals surface area contributed by atoms with E-state index in [9.17, 15) is 14.7 Å². The first-order valence-electron chi connectivity index (χ1n) is 11.6. The van der Waals surface area contributed by atoms with Gasteiger partial charge in [0.2, 0.25) is 5.91 Å². The Balaban J connectivity index is 1.56. The van der Waals surface area contributed by atoms with Crippen LogP contribution in [0.5, 0.6) is 5.75 Å². The second-order valence-electron chi connectivity index (χ2n) is 8.86. The Morgan fingerprint density at radius 2 is 1.68 bits per heavy atom. The van der Waals surface area contributed by atoms with Gasteiger partial charge in [0.25, 0.3) is 0 Å². The molecule has 0 saturated heterocycles. The van der Waals surface area contributed by atoms with Gasteiger partial charge in [-0.05, 0) is 34.7 Å². The minimum Gasteiger partial charge on any atom is -0.489 e. The van der Waals surface area contributed by atoms with Crippen molar-refractivity contribution in [2.45, 2.75) is 38.3 Å². The standard InChI is InChI=1S/C28H30N2O4/c1-19(2)21-14-12-20(13-15-21)17-30-25-10-6-7-11-26(25)34-18-24(27(30)31)29-16-23(28(32)33)22-8-4-3-5-9-22/h3-15,19,23-24,29H,16-18H2,1-2H3,(H,32,33)/t23-,24-/m0/s1. The number of nitrogens with zero attached hydrogens (tertiary/aromatic N) is 1. The number of amides is 1. The molecule has 1 aliphatic rings. The SMILES string of the molecule is CC(C)c1ccc(CN2C(=O)[C@@H](NC[C@H](C(=O)O)c3ccccc3)COc3ccccc32)cc1. The number of rotatable bonds is 8. The summed E-state index contributed by atoms with van der Waals surface area (Å²) in [6.07, 6.45) is 0. The van der Waals surface area contributed by atoms with E-state index in [0.717, 1.165) is 5.56 Å². The highest BCUT2D eigenvalue weighted by Crippen LogP contribution is 2.32. The summed E-state index contributed by atoms with van der Waals surface area (Å²) in [6, 6.07) is 24.2. The van der Waals surface area contributed by atoms with Crippen molar-refractivity contribution < 1.29 is 19.4 Å². The number of nitrogens with one attached hydrogen (secondary N) is 1. The first-order chi connectivity index (χ1) is 16.4. The molecule has 0 bridgehead atoms. The topological polar surface area (TPSA) is 78.9 Å². The fourth-order valence-corrected chi connectivity index (χ4v) is 4.15. The molecule has 0 unspecified atom stereocenters. The van der Waals surface area contributed by atoms with Gasteiger partial charge >= 0.3 is 5.97 Å². The van der Waals surface area contributed by atoms with Crippen molar-refractivity contribution in [1.82, 2.24) is 5.32 Å². The number of hydrogen-bond donors (Lipinski definition) is 2. The van der Waals surface area contributed by atoms with Gasteiger partial charge < -0.3 is 20.1 Å².